The minimum atomic E-state index is -1.35. The smallest absolute Gasteiger partial charge is 0.251 e. The summed E-state index contributed by atoms with van der Waals surface area (Å²) < 4.78 is 20.2. The number of rotatable bonds is 7. The van der Waals surface area contributed by atoms with E-state index in [-0.39, 0.29) is 42.9 Å². The zero-order valence-corrected chi connectivity index (χ0v) is 22.6. The minimum Gasteiger partial charge on any atom is -0.496 e. The molecule has 0 radical (unpaired) electrons. The highest BCUT2D eigenvalue weighted by Gasteiger charge is 2.49. The van der Waals surface area contributed by atoms with E-state index in [0.29, 0.717) is 5.56 Å². The summed E-state index contributed by atoms with van der Waals surface area (Å²) in [5, 5.41) is 16.3. The number of hydrogen-bond acceptors (Lipinski definition) is 5. The van der Waals surface area contributed by atoms with Crippen molar-refractivity contribution in [3.63, 3.8) is 0 Å². The number of benzene rings is 2. The second-order valence-electron chi connectivity index (χ2n) is 11.9. The molecule has 1 unspecified atom stereocenters. The van der Waals surface area contributed by atoms with Crippen LogP contribution in [-0.4, -0.2) is 54.7 Å². The van der Waals surface area contributed by atoms with Crippen LogP contribution in [0.15, 0.2) is 42.6 Å². The van der Waals surface area contributed by atoms with Gasteiger partial charge in [-0.3, -0.25) is 9.69 Å². The molecule has 39 heavy (non-hydrogen) atoms. The number of likely N-dealkylation sites (tertiary alicyclic amines) is 1. The van der Waals surface area contributed by atoms with Crippen molar-refractivity contribution in [1.29, 1.82) is 5.26 Å². The Bertz CT molecular complexity index is 1420. The van der Waals surface area contributed by atoms with E-state index in [2.05, 4.69) is 45.6 Å². The van der Waals surface area contributed by atoms with Crippen molar-refractivity contribution in [3.8, 4) is 11.8 Å². The summed E-state index contributed by atoms with van der Waals surface area (Å²) in [7, 11) is 1.73. The summed E-state index contributed by atoms with van der Waals surface area (Å²) in [5.41, 5.74) is 4.01. The van der Waals surface area contributed by atoms with Gasteiger partial charge in [0.25, 0.3) is 5.91 Å². The lowest BCUT2D eigenvalue weighted by molar-refractivity contribution is -0.0298. The van der Waals surface area contributed by atoms with Crippen LogP contribution in [0.5, 0.6) is 5.75 Å². The van der Waals surface area contributed by atoms with Crippen molar-refractivity contribution in [2.45, 2.75) is 50.9 Å². The Hall–Kier alpha value is -3.41. The van der Waals surface area contributed by atoms with Crippen LogP contribution in [-0.2, 0) is 6.54 Å². The first-order valence-corrected chi connectivity index (χ1v) is 13.9. The Kier molecular flexibility index (Phi) is 6.60. The van der Waals surface area contributed by atoms with Crippen molar-refractivity contribution < 1.29 is 13.9 Å². The first kappa shape index (κ1) is 25.8. The van der Waals surface area contributed by atoms with Crippen molar-refractivity contribution in [3.05, 3.63) is 64.8 Å². The second kappa shape index (κ2) is 9.96. The van der Waals surface area contributed by atoms with Gasteiger partial charge >= 0.3 is 0 Å². The summed E-state index contributed by atoms with van der Waals surface area (Å²) in [6.07, 6.45) is 5.97. The van der Waals surface area contributed by atoms with Gasteiger partial charge < -0.3 is 20.4 Å². The molecule has 1 spiro atoms. The molecular weight excluding hydrogens is 493 g/mol. The SMILES string of the molecule is COc1cc(C)c2[nH]ccc2c1CN1CCC2(CC(C#N)C2)CC1c1ccc(C(=O)NCC2(F)CNC2)cc1. The summed E-state index contributed by atoms with van der Waals surface area (Å²) >= 11 is 0. The Morgan fingerprint density at radius 3 is 2.67 bits per heavy atom. The summed E-state index contributed by atoms with van der Waals surface area (Å²) in [6.45, 7) is 4.34. The van der Waals surface area contributed by atoms with E-state index in [1.807, 2.05) is 30.5 Å². The zero-order chi connectivity index (χ0) is 27.2. The fraction of sp³-hybridized carbons (Fsp3) is 0.484. The van der Waals surface area contributed by atoms with Gasteiger partial charge in [0, 0.05) is 59.8 Å². The van der Waals surface area contributed by atoms with E-state index < -0.39 is 5.67 Å². The molecule has 1 amide bonds. The maximum Gasteiger partial charge on any atom is 0.251 e. The van der Waals surface area contributed by atoms with E-state index in [1.165, 1.54) is 10.9 Å². The topological polar surface area (TPSA) is 93.2 Å². The van der Waals surface area contributed by atoms with Gasteiger partial charge in [0.1, 0.15) is 5.75 Å². The highest BCUT2D eigenvalue weighted by atomic mass is 19.1. The number of aromatic nitrogens is 1. The van der Waals surface area contributed by atoms with Crippen LogP contribution < -0.4 is 15.4 Å². The first-order valence-electron chi connectivity index (χ1n) is 13.9. The normalized spacial score (nSPS) is 26.0. The molecule has 8 heteroatoms. The molecular formula is C31H36FN5O2. The summed E-state index contributed by atoms with van der Waals surface area (Å²) in [6, 6.07) is 14.6. The van der Waals surface area contributed by atoms with Gasteiger partial charge in [-0.05, 0) is 80.0 Å². The fourth-order valence-electron chi connectivity index (χ4n) is 6.85. The maximum absolute atomic E-state index is 14.3. The monoisotopic (exact) mass is 529 g/mol. The van der Waals surface area contributed by atoms with Gasteiger partial charge in [0.05, 0.1) is 19.7 Å². The number of hydrogen-bond donors (Lipinski definition) is 3. The lowest BCUT2D eigenvalue weighted by Crippen LogP contribution is -2.61. The maximum atomic E-state index is 14.3. The molecule has 204 valence electrons. The van der Waals surface area contributed by atoms with Gasteiger partial charge in [0.15, 0.2) is 5.67 Å². The van der Waals surface area contributed by atoms with Gasteiger partial charge in [-0.1, -0.05) is 12.1 Å². The van der Waals surface area contributed by atoms with Crippen LogP contribution in [0.1, 0.15) is 58.8 Å². The third-order valence-corrected chi connectivity index (χ3v) is 9.24. The number of alkyl halides is 1. The summed E-state index contributed by atoms with van der Waals surface area (Å²) in [5.74, 6) is 0.799. The van der Waals surface area contributed by atoms with Crippen LogP contribution in [0.2, 0.25) is 0 Å². The van der Waals surface area contributed by atoms with Crippen LogP contribution in [0.3, 0.4) is 0 Å². The van der Waals surface area contributed by atoms with Crippen LogP contribution in [0.25, 0.3) is 10.9 Å². The molecule has 2 aliphatic heterocycles. The number of nitriles is 1. The number of ether oxygens (including phenoxy) is 1. The predicted molar refractivity (Wildman–Crippen MR) is 148 cm³/mol. The van der Waals surface area contributed by atoms with Crippen molar-refractivity contribution in [2.24, 2.45) is 11.3 Å². The van der Waals surface area contributed by atoms with Crippen molar-refractivity contribution in [2.75, 3.05) is 33.3 Å². The summed E-state index contributed by atoms with van der Waals surface area (Å²) in [4.78, 5) is 18.6. The molecule has 1 aliphatic carbocycles. The highest BCUT2D eigenvalue weighted by Crippen LogP contribution is 2.56. The Morgan fingerprint density at radius 1 is 1.23 bits per heavy atom. The molecule has 3 aromatic rings. The van der Waals surface area contributed by atoms with E-state index >= 15 is 0 Å². The van der Waals surface area contributed by atoms with E-state index in [4.69, 9.17) is 4.74 Å². The van der Waals surface area contributed by atoms with E-state index in [1.54, 1.807) is 7.11 Å². The Labute approximate surface area is 228 Å². The number of methoxy groups -OCH3 is 1. The molecule has 6 rings (SSSR count). The van der Waals surface area contributed by atoms with Crippen LogP contribution in [0.4, 0.5) is 4.39 Å². The van der Waals surface area contributed by atoms with Gasteiger partial charge in [-0.2, -0.15) is 5.26 Å². The van der Waals surface area contributed by atoms with Gasteiger partial charge in [-0.25, -0.2) is 4.39 Å². The molecule has 3 N–H and O–H groups in total. The molecule has 2 saturated heterocycles. The Balaban J connectivity index is 1.26. The Morgan fingerprint density at radius 2 is 2.00 bits per heavy atom. The number of halogens is 1. The number of carbonyl (C=O) groups excluding carboxylic acids is 1. The molecule has 7 nitrogen and oxygen atoms in total. The van der Waals surface area contributed by atoms with Gasteiger partial charge in [-0.15, -0.1) is 0 Å². The molecule has 3 fully saturated rings. The minimum absolute atomic E-state index is 0.0194. The van der Waals surface area contributed by atoms with Crippen molar-refractivity contribution >= 4 is 16.8 Å². The van der Waals surface area contributed by atoms with E-state index in [0.717, 1.165) is 61.2 Å². The molecule has 3 aliphatic rings. The largest absolute Gasteiger partial charge is 0.496 e. The molecule has 0 bridgehead atoms. The zero-order valence-electron chi connectivity index (χ0n) is 22.6. The molecule has 2 aromatic carbocycles. The molecule has 1 aromatic heterocycles. The van der Waals surface area contributed by atoms with E-state index in [9.17, 15) is 14.4 Å². The standard InChI is InChI=1S/C31H36FN5O2/c1-20-11-27(39-2)25(24-7-9-35-28(20)24)16-37-10-8-30(12-21(13-30)15-33)14-26(37)22-3-5-23(6-4-22)29(38)36-19-31(32)17-34-18-31/h3-7,9,11,21,26,34-35H,8,10,12-14,16-19H2,1-2H3,(H,36,38). The number of carbonyl (C=O) groups is 1. The first-order chi connectivity index (χ1) is 18.8. The number of piperidine rings is 1. The third-order valence-electron chi connectivity index (χ3n) is 9.24. The number of nitrogens with zero attached hydrogens (tertiary/aromatic N) is 2. The average Bonchev–Trinajstić information content (AvgIpc) is 3.42. The molecule has 1 atom stereocenters. The second-order valence-corrected chi connectivity index (χ2v) is 11.9. The molecule has 3 heterocycles. The number of aryl methyl sites for hydroxylation is 1. The lowest BCUT2D eigenvalue weighted by Gasteiger charge is -2.53. The number of H-pyrrole nitrogens is 1. The van der Waals surface area contributed by atoms with Crippen LogP contribution >= 0.6 is 0 Å². The third kappa shape index (κ3) is 4.79. The number of aromatic amines is 1. The highest BCUT2D eigenvalue weighted by molar-refractivity contribution is 5.94. The van der Waals surface area contributed by atoms with Crippen molar-refractivity contribution in [1.82, 2.24) is 20.5 Å². The van der Waals surface area contributed by atoms with Crippen LogP contribution in [0, 0.1) is 29.6 Å². The average molecular weight is 530 g/mol. The quantitative estimate of drug-likeness (QED) is 0.410. The predicted octanol–water partition coefficient (Wildman–Crippen LogP) is 4.78. The van der Waals surface area contributed by atoms with Gasteiger partial charge in [0.2, 0.25) is 0 Å². The molecule has 1 saturated carbocycles. The fourth-order valence-corrected chi connectivity index (χ4v) is 6.85. The number of fused-ring (bicyclic) bond motifs is 1. The lowest BCUT2D eigenvalue weighted by atomic mass is 9.56. The number of nitrogens with one attached hydrogen (secondary N) is 3. The number of amides is 1.